The zero-order valence-electron chi connectivity index (χ0n) is 25.6. The van der Waals surface area contributed by atoms with Crippen molar-refractivity contribution in [2.75, 3.05) is 6.61 Å². The molecule has 0 aliphatic carbocycles. The summed E-state index contributed by atoms with van der Waals surface area (Å²) >= 11 is 0. The van der Waals surface area contributed by atoms with Gasteiger partial charge in [0.15, 0.2) is 0 Å². The number of aliphatic hydroxyl groups is 2. The van der Waals surface area contributed by atoms with Gasteiger partial charge in [0, 0.05) is 6.42 Å². The van der Waals surface area contributed by atoms with Crippen LogP contribution in [0.4, 0.5) is 0 Å². The second-order valence-electron chi connectivity index (χ2n) is 11.6. The summed E-state index contributed by atoms with van der Waals surface area (Å²) in [6.45, 7) is 4.23. The Morgan fingerprint density at radius 3 is 2.00 bits per heavy atom. The highest BCUT2D eigenvalue weighted by molar-refractivity contribution is 5.76. The molecule has 0 radical (unpaired) electrons. The molecule has 1 aliphatic rings. The van der Waals surface area contributed by atoms with E-state index >= 15 is 0 Å². The molecular formula is C34H63NO4. The van der Waals surface area contributed by atoms with E-state index in [1.807, 2.05) is 6.08 Å². The minimum atomic E-state index is -0.845. The number of allylic oxidation sites excluding steroid dienone is 2. The smallest absolute Gasteiger partial charge is 0.220 e. The van der Waals surface area contributed by atoms with E-state index in [0.29, 0.717) is 18.6 Å². The first-order valence-corrected chi connectivity index (χ1v) is 16.7. The largest absolute Gasteiger partial charge is 0.394 e. The topological polar surface area (TPSA) is 82.1 Å². The summed E-state index contributed by atoms with van der Waals surface area (Å²) in [4.78, 5) is 12.3. The standard InChI is InChI=1S/C34H63NO4/c1-3-5-7-9-11-12-13-14-15-17-21-25-31(37)30(29-36)35-34(38)28-24-20-16-19-23-27-33-32(39-33)26-22-18-10-8-6-4-2/h18,21-22,25,30-33,36-37H,3-17,19-20,23-24,26-29H2,1-2H3,(H,35,38)/b22-18-,25-21+/t30-,31+,32?,33?/m0/s1. The molecule has 4 atom stereocenters. The van der Waals surface area contributed by atoms with E-state index in [9.17, 15) is 15.0 Å². The van der Waals surface area contributed by atoms with Crippen LogP contribution in [0, 0.1) is 0 Å². The van der Waals surface area contributed by atoms with Gasteiger partial charge in [-0.2, -0.15) is 0 Å². The number of amides is 1. The second kappa shape index (κ2) is 25.8. The summed E-state index contributed by atoms with van der Waals surface area (Å²) in [6, 6.07) is -0.630. The molecule has 5 nitrogen and oxygen atoms in total. The fourth-order valence-corrected chi connectivity index (χ4v) is 5.12. The van der Waals surface area contributed by atoms with Crippen molar-refractivity contribution in [1.82, 2.24) is 5.32 Å². The predicted molar refractivity (Wildman–Crippen MR) is 165 cm³/mol. The molecule has 228 valence electrons. The molecule has 0 aromatic rings. The van der Waals surface area contributed by atoms with Crippen molar-refractivity contribution in [3.05, 3.63) is 24.3 Å². The average molecular weight is 550 g/mol. The molecule has 5 heteroatoms. The van der Waals surface area contributed by atoms with Crippen LogP contribution < -0.4 is 5.32 Å². The SMILES string of the molecule is CCCCC/C=C\CC1OC1CCCCCCCC(=O)N[C@@H](CO)[C@H](O)/C=C/CCCCCCCCCCC. The first-order valence-electron chi connectivity index (χ1n) is 16.7. The Labute approximate surface area is 241 Å². The quantitative estimate of drug-likeness (QED) is 0.0520. The zero-order valence-corrected chi connectivity index (χ0v) is 25.6. The number of hydrogen-bond acceptors (Lipinski definition) is 4. The molecule has 0 saturated carbocycles. The normalized spacial score (nSPS) is 18.7. The summed E-state index contributed by atoms with van der Waals surface area (Å²) in [5.41, 5.74) is 0. The van der Waals surface area contributed by atoms with Crippen molar-refractivity contribution in [2.24, 2.45) is 0 Å². The van der Waals surface area contributed by atoms with Gasteiger partial charge in [-0.25, -0.2) is 0 Å². The minimum Gasteiger partial charge on any atom is -0.394 e. The summed E-state index contributed by atoms with van der Waals surface area (Å²) in [7, 11) is 0. The Morgan fingerprint density at radius 1 is 0.744 bits per heavy atom. The summed E-state index contributed by atoms with van der Waals surface area (Å²) in [5.74, 6) is -0.0857. The lowest BCUT2D eigenvalue weighted by molar-refractivity contribution is -0.123. The molecule has 0 aromatic heterocycles. The molecule has 2 unspecified atom stereocenters. The van der Waals surface area contributed by atoms with Crippen molar-refractivity contribution in [3.8, 4) is 0 Å². The third kappa shape index (κ3) is 21.3. The molecule has 1 amide bonds. The number of nitrogens with one attached hydrogen (secondary N) is 1. The van der Waals surface area contributed by atoms with Gasteiger partial charge in [-0.1, -0.05) is 128 Å². The maximum atomic E-state index is 12.3. The number of rotatable bonds is 28. The van der Waals surface area contributed by atoms with Crippen molar-refractivity contribution < 1.29 is 19.7 Å². The van der Waals surface area contributed by atoms with E-state index in [2.05, 4.69) is 31.3 Å². The Balaban J connectivity index is 1.97. The average Bonchev–Trinajstić information content (AvgIpc) is 3.69. The van der Waals surface area contributed by atoms with E-state index in [0.717, 1.165) is 44.9 Å². The van der Waals surface area contributed by atoms with Gasteiger partial charge in [-0.15, -0.1) is 0 Å². The van der Waals surface area contributed by atoms with Crippen LogP contribution >= 0.6 is 0 Å². The van der Waals surface area contributed by atoms with Crippen molar-refractivity contribution in [2.45, 2.75) is 179 Å². The molecule has 3 N–H and O–H groups in total. The third-order valence-corrected chi connectivity index (χ3v) is 7.85. The van der Waals surface area contributed by atoms with Gasteiger partial charge in [0.05, 0.1) is 31.0 Å². The van der Waals surface area contributed by atoms with Crippen LogP contribution in [0.3, 0.4) is 0 Å². The van der Waals surface area contributed by atoms with Gasteiger partial charge in [-0.3, -0.25) is 4.79 Å². The Hall–Kier alpha value is -1.17. The van der Waals surface area contributed by atoms with E-state index in [1.54, 1.807) is 6.08 Å². The van der Waals surface area contributed by atoms with Crippen LogP contribution in [0.1, 0.15) is 155 Å². The van der Waals surface area contributed by atoms with Crippen LogP contribution in [-0.2, 0) is 9.53 Å². The highest BCUT2D eigenvalue weighted by Gasteiger charge is 2.36. The van der Waals surface area contributed by atoms with Crippen molar-refractivity contribution in [1.29, 1.82) is 0 Å². The van der Waals surface area contributed by atoms with Gasteiger partial charge in [0.1, 0.15) is 0 Å². The third-order valence-electron chi connectivity index (χ3n) is 7.85. The maximum absolute atomic E-state index is 12.3. The van der Waals surface area contributed by atoms with Crippen LogP contribution in [0.15, 0.2) is 24.3 Å². The van der Waals surface area contributed by atoms with E-state index in [-0.39, 0.29) is 12.5 Å². The number of hydrogen-bond donors (Lipinski definition) is 3. The number of ether oxygens (including phenoxy) is 1. The fraction of sp³-hybridized carbons (Fsp3) is 0.853. The molecule has 0 aromatic carbocycles. The van der Waals surface area contributed by atoms with E-state index in [1.165, 1.54) is 89.9 Å². The van der Waals surface area contributed by atoms with Crippen LogP contribution in [0.5, 0.6) is 0 Å². The van der Waals surface area contributed by atoms with E-state index in [4.69, 9.17) is 4.74 Å². The highest BCUT2D eigenvalue weighted by Crippen LogP contribution is 2.30. The molecule has 39 heavy (non-hydrogen) atoms. The Bertz CT molecular complexity index is 620. The van der Waals surface area contributed by atoms with Gasteiger partial charge < -0.3 is 20.3 Å². The molecule has 1 fully saturated rings. The number of epoxide rings is 1. The number of carbonyl (C=O) groups is 1. The van der Waals surface area contributed by atoms with Gasteiger partial charge in [0.2, 0.25) is 5.91 Å². The first kappa shape index (κ1) is 35.9. The summed E-state index contributed by atoms with van der Waals surface area (Å²) in [6.07, 6.45) is 34.1. The lowest BCUT2D eigenvalue weighted by Crippen LogP contribution is -2.45. The van der Waals surface area contributed by atoms with Crippen LogP contribution in [0.25, 0.3) is 0 Å². The van der Waals surface area contributed by atoms with Crippen molar-refractivity contribution in [3.63, 3.8) is 0 Å². The Morgan fingerprint density at radius 2 is 1.31 bits per heavy atom. The van der Waals surface area contributed by atoms with Crippen LogP contribution in [0.2, 0.25) is 0 Å². The molecule has 1 rings (SSSR count). The minimum absolute atomic E-state index is 0.0857. The van der Waals surface area contributed by atoms with Gasteiger partial charge in [-0.05, 0) is 44.9 Å². The molecular weight excluding hydrogens is 486 g/mol. The van der Waals surface area contributed by atoms with Gasteiger partial charge in [0.25, 0.3) is 0 Å². The lowest BCUT2D eigenvalue weighted by Gasteiger charge is -2.20. The zero-order chi connectivity index (χ0) is 28.4. The molecule has 1 heterocycles. The molecule has 1 saturated heterocycles. The summed E-state index contributed by atoms with van der Waals surface area (Å²) in [5, 5.41) is 22.8. The first-order chi connectivity index (χ1) is 19.1. The summed E-state index contributed by atoms with van der Waals surface area (Å²) < 4.78 is 5.79. The van der Waals surface area contributed by atoms with Gasteiger partial charge >= 0.3 is 0 Å². The molecule has 1 aliphatic heterocycles. The number of aliphatic hydroxyl groups excluding tert-OH is 2. The lowest BCUT2D eigenvalue weighted by atomic mass is 10.1. The predicted octanol–water partition coefficient (Wildman–Crippen LogP) is 8.33. The number of carbonyl (C=O) groups excluding carboxylic acids is 1. The van der Waals surface area contributed by atoms with Crippen LogP contribution in [-0.4, -0.2) is 47.1 Å². The van der Waals surface area contributed by atoms with Crippen molar-refractivity contribution >= 4 is 5.91 Å². The highest BCUT2D eigenvalue weighted by atomic mass is 16.6. The fourth-order valence-electron chi connectivity index (χ4n) is 5.12. The van der Waals surface area contributed by atoms with E-state index < -0.39 is 12.1 Å². The molecule has 0 bridgehead atoms. The second-order valence-corrected chi connectivity index (χ2v) is 11.6. The monoisotopic (exact) mass is 549 g/mol. The maximum Gasteiger partial charge on any atom is 0.220 e. The number of unbranched alkanes of at least 4 members (excludes halogenated alkanes) is 16. The Kier molecular flexibility index (Phi) is 23.7. The molecule has 0 spiro atoms.